The molecular weight excluding hydrogens is 390 g/mol. The van der Waals surface area contributed by atoms with E-state index < -0.39 is 17.7 Å². The molecule has 0 bridgehead atoms. The van der Waals surface area contributed by atoms with Crippen molar-refractivity contribution in [3.63, 3.8) is 0 Å². The molecule has 2 saturated heterocycles. The minimum Gasteiger partial charge on any atom is -0.388 e. The monoisotopic (exact) mass is 423 g/mol. The van der Waals surface area contributed by atoms with Crippen molar-refractivity contribution in [1.29, 1.82) is 0 Å². The lowest BCUT2D eigenvalue weighted by Crippen LogP contribution is -2.65. The fourth-order valence-corrected chi connectivity index (χ4v) is 4.90. The highest BCUT2D eigenvalue weighted by Crippen LogP contribution is 2.39. The molecule has 2 fully saturated rings. The van der Waals surface area contributed by atoms with Crippen molar-refractivity contribution >= 4 is 23.3 Å². The number of carbonyl (C=O) groups excluding carboxylic acids is 2. The van der Waals surface area contributed by atoms with Gasteiger partial charge in [0.05, 0.1) is 30.9 Å². The van der Waals surface area contributed by atoms with Crippen LogP contribution in [0.15, 0.2) is 17.5 Å². The maximum absolute atomic E-state index is 13.3. The van der Waals surface area contributed by atoms with Crippen molar-refractivity contribution in [2.24, 2.45) is 5.41 Å². The van der Waals surface area contributed by atoms with Crippen LogP contribution in [0.4, 0.5) is 4.79 Å². The van der Waals surface area contributed by atoms with E-state index in [1.54, 1.807) is 23.2 Å². The lowest BCUT2D eigenvalue weighted by atomic mass is 9.81. The topological polar surface area (TPSA) is 82.1 Å². The largest absolute Gasteiger partial charge is 0.388 e. The van der Waals surface area contributed by atoms with E-state index >= 15 is 0 Å². The van der Waals surface area contributed by atoms with E-state index in [1.165, 1.54) is 0 Å². The first-order chi connectivity index (χ1) is 13.6. The zero-order valence-corrected chi connectivity index (χ0v) is 18.6. The summed E-state index contributed by atoms with van der Waals surface area (Å²) in [5, 5.41) is 16.2. The second-order valence-corrected chi connectivity index (χ2v) is 10.4. The van der Waals surface area contributed by atoms with Crippen molar-refractivity contribution in [3.8, 4) is 0 Å². The zero-order chi connectivity index (χ0) is 21.2. The number of hydrogen-bond donors (Lipinski definition) is 2. The number of piperidine rings is 1. The number of likely N-dealkylation sites (tertiary alicyclic amines) is 1. The van der Waals surface area contributed by atoms with Crippen LogP contribution < -0.4 is 5.32 Å². The molecule has 3 atom stereocenters. The van der Waals surface area contributed by atoms with Gasteiger partial charge in [0.15, 0.2) is 0 Å². The normalized spacial score (nSPS) is 28.3. The molecule has 0 spiro atoms. The van der Waals surface area contributed by atoms with Gasteiger partial charge in [-0.25, -0.2) is 4.79 Å². The number of hydrogen-bond acceptors (Lipinski definition) is 5. The van der Waals surface area contributed by atoms with Gasteiger partial charge in [-0.15, -0.1) is 11.3 Å². The minimum atomic E-state index is -1.11. The molecule has 0 saturated carbocycles. The van der Waals surface area contributed by atoms with Gasteiger partial charge in [0.1, 0.15) is 0 Å². The van der Waals surface area contributed by atoms with Crippen LogP contribution in [0, 0.1) is 5.41 Å². The number of urea groups is 1. The fourth-order valence-electron chi connectivity index (χ4n) is 4.03. The van der Waals surface area contributed by atoms with Gasteiger partial charge < -0.3 is 25.0 Å². The molecule has 3 heterocycles. The Morgan fingerprint density at radius 3 is 2.59 bits per heavy atom. The Hall–Kier alpha value is -1.64. The summed E-state index contributed by atoms with van der Waals surface area (Å²) >= 11 is 1.54. The third kappa shape index (κ3) is 5.29. The van der Waals surface area contributed by atoms with E-state index in [-0.39, 0.29) is 17.4 Å². The molecule has 0 aliphatic carbocycles. The molecule has 2 N–H and O–H groups in total. The van der Waals surface area contributed by atoms with E-state index in [0.717, 1.165) is 4.88 Å². The molecule has 1 aromatic rings. The average molecular weight is 424 g/mol. The van der Waals surface area contributed by atoms with Gasteiger partial charge in [-0.2, -0.15) is 0 Å². The number of thiophene rings is 1. The second kappa shape index (κ2) is 8.62. The lowest BCUT2D eigenvalue weighted by Gasteiger charge is -2.49. The zero-order valence-electron chi connectivity index (χ0n) is 17.8. The predicted octanol–water partition coefficient (Wildman–Crippen LogP) is 2.62. The standard InChI is InChI=1S/C21H33N3O4S/c1-20(2,3)14-16(25)22-18-17(15-6-5-13-29-15)24(8-7-21(18,4)27)19(26)23-9-11-28-12-10-23/h5-6,13,17-18,27H,7-12,14H2,1-4H3,(H,22,25)/t17-,18-,21+/m0/s1. The smallest absolute Gasteiger partial charge is 0.320 e. The number of amides is 3. The van der Waals surface area contributed by atoms with Crippen LogP contribution in [-0.2, 0) is 9.53 Å². The first-order valence-electron chi connectivity index (χ1n) is 10.3. The van der Waals surface area contributed by atoms with Crippen molar-refractivity contribution in [2.45, 2.75) is 58.2 Å². The summed E-state index contributed by atoms with van der Waals surface area (Å²) in [5.74, 6) is -0.106. The molecule has 0 aromatic carbocycles. The van der Waals surface area contributed by atoms with Crippen molar-refractivity contribution in [2.75, 3.05) is 32.8 Å². The summed E-state index contributed by atoms with van der Waals surface area (Å²) in [5.41, 5.74) is -1.27. The number of morpholine rings is 1. The maximum Gasteiger partial charge on any atom is 0.320 e. The number of nitrogens with zero attached hydrogens (tertiary/aromatic N) is 2. The Kier molecular flexibility index (Phi) is 6.55. The van der Waals surface area contributed by atoms with Crippen LogP contribution in [0.1, 0.15) is 51.5 Å². The van der Waals surface area contributed by atoms with Crippen molar-refractivity contribution < 1.29 is 19.4 Å². The molecule has 0 unspecified atom stereocenters. The van der Waals surface area contributed by atoms with Crippen LogP contribution in [0.25, 0.3) is 0 Å². The van der Waals surface area contributed by atoms with Crippen LogP contribution in [0.3, 0.4) is 0 Å². The number of rotatable bonds is 3. The number of ether oxygens (including phenoxy) is 1. The Morgan fingerprint density at radius 1 is 1.31 bits per heavy atom. The SMILES string of the molecule is CC(C)(C)CC(=O)N[C@H]1[C@H](c2cccs2)N(C(=O)N2CCOCC2)CC[C@@]1(C)O. The van der Waals surface area contributed by atoms with Crippen LogP contribution in [0.5, 0.6) is 0 Å². The molecule has 0 radical (unpaired) electrons. The van der Waals surface area contributed by atoms with Crippen LogP contribution >= 0.6 is 11.3 Å². The van der Waals surface area contributed by atoms with Gasteiger partial charge in [0, 0.05) is 30.9 Å². The number of aliphatic hydroxyl groups is 1. The van der Waals surface area contributed by atoms with E-state index in [0.29, 0.717) is 45.7 Å². The Labute approximate surface area is 177 Å². The number of carbonyl (C=O) groups is 2. The summed E-state index contributed by atoms with van der Waals surface area (Å²) in [6.07, 6.45) is 0.763. The number of nitrogens with one attached hydrogen (secondary N) is 1. The summed E-state index contributed by atoms with van der Waals surface area (Å²) < 4.78 is 5.38. The Balaban J connectivity index is 1.89. The van der Waals surface area contributed by atoms with E-state index in [2.05, 4.69) is 5.32 Å². The van der Waals surface area contributed by atoms with Crippen molar-refractivity contribution in [1.82, 2.24) is 15.1 Å². The third-order valence-corrected chi connectivity index (χ3v) is 6.49. The molecule has 3 amide bonds. The van der Waals surface area contributed by atoms with Crippen LogP contribution in [-0.4, -0.2) is 71.3 Å². The molecular formula is C21H33N3O4S. The molecule has 8 heteroatoms. The summed E-state index contributed by atoms with van der Waals surface area (Å²) in [6, 6.07) is 2.87. The predicted molar refractivity (Wildman–Crippen MR) is 113 cm³/mol. The van der Waals surface area contributed by atoms with E-state index in [9.17, 15) is 14.7 Å². The van der Waals surface area contributed by atoms with Gasteiger partial charge in [-0.3, -0.25) is 4.79 Å². The molecule has 3 rings (SSSR count). The summed E-state index contributed by atoms with van der Waals surface area (Å²) in [6.45, 7) is 10.4. The molecule has 2 aliphatic rings. The highest BCUT2D eigenvalue weighted by Gasteiger charge is 2.49. The van der Waals surface area contributed by atoms with Crippen LogP contribution in [0.2, 0.25) is 0 Å². The highest BCUT2D eigenvalue weighted by atomic mass is 32.1. The summed E-state index contributed by atoms with van der Waals surface area (Å²) in [7, 11) is 0. The molecule has 1 aromatic heterocycles. The van der Waals surface area contributed by atoms with E-state index in [1.807, 2.05) is 43.2 Å². The molecule has 2 aliphatic heterocycles. The molecule has 29 heavy (non-hydrogen) atoms. The van der Waals surface area contributed by atoms with Gasteiger partial charge in [-0.05, 0) is 30.2 Å². The van der Waals surface area contributed by atoms with E-state index in [4.69, 9.17) is 4.74 Å². The highest BCUT2D eigenvalue weighted by molar-refractivity contribution is 7.10. The minimum absolute atomic E-state index is 0.0581. The van der Waals surface area contributed by atoms with Gasteiger partial charge in [0.2, 0.25) is 5.91 Å². The Morgan fingerprint density at radius 2 is 2.00 bits per heavy atom. The first-order valence-corrected chi connectivity index (χ1v) is 11.1. The van der Waals surface area contributed by atoms with Crippen molar-refractivity contribution in [3.05, 3.63) is 22.4 Å². The molecule has 162 valence electrons. The molecule has 7 nitrogen and oxygen atoms in total. The summed E-state index contributed by atoms with van der Waals surface area (Å²) in [4.78, 5) is 30.7. The quantitative estimate of drug-likeness (QED) is 0.783. The maximum atomic E-state index is 13.3. The van der Waals surface area contributed by atoms with Gasteiger partial charge in [0.25, 0.3) is 0 Å². The van der Waals surface area contributed by atoms with Gasteiger partial charge in [-0.1, -0.05) is 26.8 Å². The third-order valence-electron chi connectivity index (χ3n) is 5.55. The lowest BCUT2D eigenvalue weighted by molar-refractivity contribution is -0.129. The average Bonchev–Trinajstić information content (AvgIpc) is 3.16. The fraction of sp³-hybridized carbons (Fsp3) is 0.714. The first kappa shape index (κ1) is 22.1. The second-order valence-electron chi connectivity index (χ2n) is 9.43. The Bertz CT molecular complexity index is 708. The van der Waals surface area contributed by atoms with Gasteiger partial charge >= 0.3 is 6.03 Å².